The maximum Gasteiger partial charge on any atom is 0.00338 e. The lowest BCUT2D eigenvalue weighted by atomic mass is 10.0. The quantitative estimate of drug-likeness (QED) is 0.693. The van der Waals surface area contributed by atoms with Crippen molar-refractivity contribution in [2.24, 2.45) is 17.8 Å². The Bertz CT molecular complexity index is 183. The summed E-state index contributed by atoms with van der Waals surface area (Å²) in [6.45, 7) is 6.55. The van der Waals surface area contributed by atoms with Gasteiger partial charge < -0.3 is 4.90 Å². The van der Waals surface area contributed by atoms with Crippen molar-refractivity contribution >= 4 is 15.9 Å². The molecule has 0 aromatic rings. The van der Waals surface area contributed by atoms with Gasteiger partial charge in [-0.05, 0) is 50.0 Å². The molecule has 15 heavy (non-hydrogen) atoms. The summed E-state index contributed by atoms with van der Waals surface area (Å²) in [6, 6.07) is 0. The fourth-order valence-electron chi connectivity index (χ4n) is 3.25. The Balaban J connectivity index is 1.65. The van der Waals surface area contributed by atoms with Crippen molar-refractivity contribution in [2.45, 2.75) is 39.0 Å². The highest BCUT2D eigenvalue weighted by molar-refractivity contribution is 9.09. The lowest BCUT2D eigenvalue weighted by molar-refractivity contribution is 0.285. The third kappa shape index (κ3) is 3.20. The summed E-state index contributed by atoms with van der Waals surface area (Å²) >= 11 is 3.53. The normalized spacial score (nSPS) is 33.2. The third-order valence-electron chi connectivity index (χ3n) is 4.34. The number of fused-ring (bicyclic) bond motifs is 1. The molecular formula is C13H24BrN. The van der Waals surface area contributed by atoms with Gasteiger partial charge >= 0.3 is 0 Å². The van der Waals surface area contributed by atoms with Crippen LogP contribution in [0.4, 0.5) is 0 Å². The van der Waals surface area contributed by atoms with Crippen molar-refractivity contribution in [2.75, 3.05) is 25.0 Å². The molecule has 1 saturated heterocycles. The maximum atomic E-state index is 3.53. The zero-order chi connectivity index (χ0) is 10.7. The van der Waals surface area contributed by atoms with Crippen LogP contribution in [-0.4, -0.2) is 29.9 Å². The first-order valence-corrected chi connectivity index (χ1v) is 7.70. The van der Waals surface area contributed by atoms with E-state index >= 15 is 0 Å². The summed E-state index contributed by atoms with van der Waals surface area (Å²) in [4.78, 5) is 2.72. The molecule has 3 atom stereocenters. The molecule has 0 aromatic heterocycles. The van der Waals surface area contributed by atoms with Crippen molar-refractivity contribution in [3.63, 3.8) is 0 Å². The molecule has 0 spiro atoms. The first kappa shape index (κ1) is 11.9. The van der Waals surface area contributed by atoms with Crippen molar-refractivity contribution in [1.82, 2.24) is 4.90 Å². The van der Waals surface area contributed by atoms with Crippen LogP contribution in [0.25, 0.3) is 0 Å². The topological polar surface area (TPSA) is 3.24 Å². The maximum absolute atomic E-state index is 3.53. The molecule has 0 aromatic carbocycles. The van der Waals surface area contributed by atoms with Crippen LogP contribution >= 0.6 is 15.9 Å². The van der Waals surface area contributed by atoms with Gasteiger partial charge in [0.25, 0.3) is 0 Å². The van der Waals surface area contributed by atoms with E-state index in [2.05, 4.69) is 27.8 Å². The minimum Gasteiger partial charge on any atom is -0.303 e. The number of hydrogen-bond donors (Lipinski definition) is 0. The molecule has 1 nitrogen and oxygen atoms in total. The molecule has 0 amide bonds. The number of rotatable bonds is 5. The fraction of sp³-hybridized carbons (Fsp3) is 1.00. The standard InChI is InChI=1S/C13H24BrN/c1-11(5-7-14)6-8-15-9-12-3-2-4-13(12)10-15/h11-13H,2-10H2,1H3. The molecule has 2 heteroatoms. The zero-order valence-corrected chi connectivity index (χ0v) is 11.5. The van der Waals surface area contributed by atoms with Crippen molar-refractivity contribution in [3.05, 3.63) is 0 Å². The van der Waals surface area contributed by atoms with E-state index < -0.39 is 0 Å². The zero-order valence-electron chi connectivity index (χ0n) is 9.92. The predicted molar refractivity (Wildman–Crippen MR) is 69.5 cm³/mol. The smallest absolute Gasteiger partial charge is 0.00338 e. The average Bonchev–Trinajstić information content (AvgIpc) is 2.74. The predicted octanol–water partition coefficient (Wildman–Crippen LogP) is 3.53. The summed E-state index contributed by atoms with van der Waals surface area (Å²) in [5.41, 5.74) is 0. The van der Waals surface area contributed by atoms with Crippen molar-refractivity contribution < 1.29 is 0 Å². The van der Waals surface area contributed by atoms with E-state index in [1.54, 1.807) is 0 Å². The van der Waals surface area contributed by atoms with Gasteiger partial charge in [0.05, 0.1) is 0 Å². The minimum absolute atomic E-state index is 0.893. The van der Waals surface area contributed by atoms with Gasteiger partial charge in [0.1, 0.15) is 0 Å². The van der Waals surface area contributed by atoms with Gasteiger partial charge in [0, 0.05) is 18.4 Å². The Morgan fingerprint density at radius 3 is 2.47 bits per heavy atom. The number of alkyl halides is 1. The Morgan fingerprint density at radius 2 is 1.87 bits per heavy atom. The Labute approximate surface area is 103 Å². The van der Waals surface area contributed by atoms with Gasteiger partial charge in [0.2, 0.25) is 0 Å². The van der Waals surface area contributed by atoms with Crippen LogP contribution in [0.15, 0.2) is 0 Å². The van der Waals surface area contributed by atoms with Gasteiger partial charge in [-0.3, -0.25) is 0 Å². The van der Waals surface area contributed by atoms with Gasteiger partial charge in [0.15, 0.2) is 0 Å². The van der Waals surface area contributed by atoms with Crippen LogP contribution in [0, 0.1) is 17.8 Å². The SMILES string of the molecule is CC(CCBr)CCN1CC2CCCC2C1. The molecule has 0 radical (unpaired) electrons. The molecule has 3 unspecified atom stereocenters. The van der Waals surface area contributed by atoms with Crippen LogP contribution in [0.1, 0.15) is 39.0 Å². The first-order valence-electron chi connectivity index (χ1n) is 6.58. The minimum atomic E-state index is 0.893. The summed E-state index contributed by atoms with van der Waals surface area (Å²) in [5.74, 6) is 3.03. The van der Waals surface area contributed by atoms with Crippen LogP contribution < -0.4 is 0 Å². The van der Waals surface area contributed by atoms with Crippen LogP contribution in [0.5, 0.6) is 0 Å². The summed E-state index contributed by atoms with van der Waals surface area (Å²) in [5, 5.41) is 1.17. The number of nitrogens with zero attached hydrogens (tertiary/aromatic N) is 1. The number of likely N-dealkylation sites (tertiary alicyclic amines) is 1. The van der Waals surface area contributed by atoms with Gasteiger partial charge in [-0.25, -0.2) is 0 Å². The lowest BCUT2D eigenvalue weighted by Gasteiger charge is -2.19. The monoisotopic (exact) mass is 273 g/mol. The molecule has 0 bridgehead atoms. The Morgan fingerprint density at radius 1 is 1.20 bits per heavy atom. The highest BCUT2D eigenvalue weighted by Gasteiger charge is 2.35. The fourth-order valence-corrected chi connectivity index (χ4v) is 4.03. The van der Waals surface area contributed by atoms with Crippen LogP contribution in [0.3, 0.4) is 0 Å². The molecule has 2 aliphatic rings. The Kier molecular flexibility index (Phi) is 4.51. The highest BCUT2D eigenvalue weighted by atomic mass is 79.9. The number of halogens is 1. The molecule has 1 aliphatic carbocycles. The second kappa shape index (κ2) is 5.67. The highest BCUT2D eigenvalue weighted by Crippen LogP contribution is 2.37. The van der Waals surface area contributed by atoms with E-state index in [4.69, 9.17) is 0 Å². The molecule has 2 fully saturated rings. The van der Waals surface area contributed by atoms with E-state index in [9.17, 15) is 0 Å². The molecular weight excluding hydrogens is 250 g/mol. The van der Waals surface area contributed by atoms with Crippen molar-refractivity contribution in [3.8, 4) is 0 Å². The second-order valence-electron chi connectivity index (χ2n) is 5.58. The van der Waals surface area contributed by atoms with Crippen LogP contribution in [0.2, 0.25) is 0 Å². The van der Waals surface area contributed by atoms with Gasteiger partial charge in [-0.2, -0.15) is 0 Å². The van der Waals surface area contributed by atoms with Gasteiger partial charge in [-0.1, -0.05) is 29.3 Å². The van der Waals surface area contributed by atoms with Crippen LogP contribution in [-0.2, 0) is 0 Å². The summed E-state index contributed by atoms with van der Waals surface area (Å²) in [6.07, 6.45) is 7.26. The first-order chi connectivity index (χ1) is 7.29. The summed E-state index contributed by atoms with van der Waals surface area (Å²) in [7, 11) is 0. The average molecular weight is 274 g/mol. The molecule has 1 saturated carbocycles. The van der Waals surface area contributed by atoms with E-state index in [1.165, 1.54) is 57.1 Å². The van der Waals surface area contributed by atoms with E-state index in [0.717, 1.165) is 17.8 Å². The summed E-state index contributed by atoms with van der Waals surface area (Å²) < 4.78 is 0. The van der Waals surface area contributed by atoms with E-state index in [0.29, 0.717) is 0 Å². The van der Waals surface area contributed by atoms with E-state index in [-0.39, 0.29) is 0 Å². The Hall–Kier alpha value is 0.440. The molecule has 88 valence electrons. The van der Waals surface area contributed by atoms with Gasteiger partial charge in [-0.15, -0.1) is 0 Å². The van der Waals surface area contributed by atoms with Crippen molar-refractivity contribution in [1.29, 1.82) is 0 Å². The van der Waals surface area contributed by atoms with E-state index in [1.807, 2.05) is 0 Å². The number of hydrogen-bond acceptors (Lipinski definition) is 1. The lowest BCUT2D eigenvalue weighted by Crippen LogP contribution is -2.24. The molecule has 1 heterocycles. The molecule has 1 aliphatic heterocycles. The second-order valence-corrected chi connectivity index (χ2v) is 6.38. The molecule has 2 rings (SSSR count). The largest absolute Gasteiger partial charge is 0.303 e. The molecule has 0 N–H and O–H groups in total. The third-order valence-corrected chi connectivity index (χ3v) is 4.80.